The van der Waals surface area contributed by atoms with Crippen molar-refractivity contribution in [1.29, 1.82) is 0 Å². The first kappa shape index (κ1) is 20.2. The third-order valence-corrected chi connectivity index (χ3v) is 3.59. The molecule has 8 heteroatoms. The fourth-order valence-corrected chi connectivity index (χ4v) is 2.16. The van der Waals surface area contributed by atoms with Crippen molar-refractivity contribution in [2.24, 2.45) is 0 Å². The van der Waals surface area contributed by atoms with Gasteiger partial charge in [-0.05, 0) is 48.5 Å². The molecule has 2 amide bonds. The molecule has 0 heterocycles. The Kier molecular flexibility index (Phi) is 8.05. The van der Waals surface area contributed by atoms with Gasteiger partial charge in [-0.3, -0.25) is 25.8 Å². The highest BCUT2D eigenvalue weighted by Crippen LogP contribution is 2.12. The molecule has 0 aliphatic rings. The molecule has 2 rings (SSSR count). The minimum Gasteiger partial charge on any atom is -0.484 e. The number of carbonyl (C=O) groups excluding carboxylic acids is 2. The van der Waals surface area contributed by atoms with Crippen molar-refractivity contribution >= 4 is 29.1 Å². The summed E-state index contributed by atoms with van der Waals surface area (Å²) in [4.78, 5) is 23.5. The Morgan fingerprint density at radius 2 is 1.44 bits per heavy atom. The molecule has 0 aromatic heterocycles. The summed E-state index contributed by atoms with van der Waals surface area (Å²) in [6.45, 7) is 1.67. The topological polar surface area (TPSA) is 88.7 Å². The highest BCUT2D eigenvalue weighted by molar-refractivity contribution is 7.80. The zero-order chi connectivity index (χ0) is 19.5. The number of hydrogen-bond acceptors (Lipinski definition) is 5. The van der Waals surface area contributed by atoms with Crippen LogP contribution in [0.1, 0.15) is 12.5 Å². The van der Waals surface area contributed by atoms with Crippen LogP contribution >= 0.6 is 12.2 Å². The van der Waals surface area contributed by atoms with Gasteiger partial charge in [-0.15, -0.1) is 0 Å². The molecule has 7 nitrogen and oxygen atoms in total. The summed E-state index contributed by atoms with van der Waals surface area (Å²) in [5.41, 5.74) is 5.95. The summed E-state index contributed by atoms with van der Waals surface area (Å²) >= 11 is 4.94. The van der Waals surface area contributed by atoms with Crippen LogP contribution in [0.15, 0.2) is 54.6 Å². The van der Waals surface area contributed by atoms with E-state index in [1.54, 1.807) is 36.4 Å². The normalized spacial score (nSPS) is 9.81. The molecule has 0 radical (unpaired) electrons. The monoisotopic (exact) mass is 387 g/mol. The second kappa shape index (κ2) is 10.8. The van der Waals surface area contributed by atoms with Crippen LogP contribution < -0.4 is 25.6 Å². The molecule has 27 heavy (non-hydrogen) atoms. The molecule has 0 aliphatic carbocycles. The molecule has 0 spiro atoms. The number of rotatable bonds is 7. The minimum absolute atomic E-state index is 0.0435. The SMILES string of the molecule is CCc1ccc(OCC(=O)NC(=S)NNC(=O)COc2ccccc2)cc1. The molecule has 0 fully saturated rings. The maximum absolute atomic E-state index is 11.8. The molecule has 0 atom stereocenters. The summed E-state index contributed by atoms with van der Waals surface area (Å²) in [6.07, 6.45) is 0.933. The van der Waals surface area contributed by atoms with Gasteiger partial charge < -0.3 is 9.47 Å². The van der Waals surface area contributed by atoms with Crippen molar-refractivity contribution in [2.45, 2.75) is 13.3 Å². The predicted octanol–water partition coefficient (Wildman–Crippen LogP) is 1.73. The van der Waals surface area contributed by atoms with Crippen molar-refractivity contribution in [3.8, 4) is 11.5 Å². The lowest BCUT2D eigenvalue weighted by Crippen LogP contribution is -2.50. The van der Waals surface area contributed by atoms with E-state index in [2.05, 4.69) is 23.1 Å². The van der Waals surface area contributed by atoms with Crippen LogP contribution in [-0.2, 0) is 16.0 Å². The Balaban J connectivity index is 1.62. The van der Waals surface area contributed by atoms with Crippen LogP contribution in [0.4, 0.5) is 0 Å². The smallest absolute Gasteiger partial charge is 0.276 e. The molecule has 0 saturated carbocycles. The average molecular weight is 387 g/mol. The summed E-state index contributed by atoms with van der Waals surface area (Å²) in [5.74, 6) is 0.282. The second-order valence-corrected chi connectivity index (χ2v) is 5.85. The summed E-state index contributed by atoms with van der Waals surface area (Å²) in [6, 6.07) is 16.4. The molecule has 2 aromatic carbocycles. The highest BCUT2D eigenvalue weighted by Gasteiger charge is 2.07. The van der Waals surface area contributed by atoms with E-state index in [0.29, 0.717) is 11.5 Å². The van der Waals surface area contributed by atoms with Gasteiger partial charge >= 0.3 is 0 Å². The van der Waals surface area contributed by atoms with E-state index >= 15 is 0 Å². The molecular formula is C19H21N3O4S. The van der Waals surface area contributed by atoms with Crippen LogP contribution in [0, 0.1) is 0 Å². The molecule has 142 valence electrons. The van der Waals surface area contributed by atoms with Crippen LogP contribution in [0.3, 0.4) is 0 Å². The predicted molar refractivity (Wildman–Crippen MR) is 105 cm³/mol. The lowest BCUT2D eigenvalue weighted by Gasteiger charge is -2.12. The largest absolute Gasteiger partial charge is 0.484 e. The van der Waals surface area contributed by atoms with Crippen molar-refractivity contribution in [1.82, 2.24) is 16.2 Å². The van der Waals surface area contributed by atoms with Gasteiger partial charge in [0.1, 0.15) is 11.5 Å². The highest BCUT2D eigenvalue weighted by atomic mass is 32.1. The molecular weight excluding hydrogens is 366 g/mol. The van der Waals surface area contributed by atoms with Gasteiger partial charge in [0.2, 0.25) is 0 Å². The van der Waals surface area contributed by atoms with E-state index in [0.717, 1.165) is 6.42 Å². The summed E-state index contributed by atoms with van der Waals surface area (Å²) in [7, 11) is 0. The van der Waals surface area contributed by atoms with Crippen molar-refractivity contribution in [2.75, 3.05) is 13.2 Å². The van der Waals surface area contributed by atoms with Gasteiger partial charge in [0, 0.05) is 0 Å². The molecule has 0 unspecified atom stereocenters. The third-order valence-electron chi connectivity index (χ3n) is 3.38. The minimum atomic E-state index is -0.443. The van der Waals surface area contributed by atoms with Crippen LogP contribution in [0.5, 0.6) is 11.5 Å². The van der Waals surface area contributed by atoms with Crippen molar-refractivity contribution in [3.05, 3.63) is 60.2 Å². The Morgan fingerprint density at radius 3 is 2.07 bits per heavy atom. The number of amides is 2. The lowest BCUT2D eigenvalue weighted by molar-refractivity contribution is -0.124. The Hall–Kier alpha value is -3.13. The molecule has 3 N–H and O–H groups in total. The molecule has 2 aromatic rings. The van der Waals surface area contributed by atoms with Crippen molar-refractivity contribution in [3.63, 3.8) is 0 Å². The first-order chi connectivity index (χ1) is 13.1. The standard InChI is InChI=1S/C19H21N3O4S/c1-2-14-8-10-16(11-9-14)25-12-17(23)20-19(27)22-21-18(24)13-26-15-6-4-3-5-7-15/h3-11H,2,12-13H2,1H3,(H,21,24)(H2,20,22,23,27). The van der Waals surface area contributed by atoms with E-state index in [9.17, 15) is 9.59 Å². The molecule has 0 bridgehead atoms. The first-order valence-corrected chi connectivity index (χ1v) is 8.76. The maximum Gasteiger partial charge on any atom is 0.276 e. The fraction of sp³-hybridized carbons (Fsp3) is 0.211. The number of benzene rings is 2. The number of thiocarbonyl (C=S) groups is 1. The number of aryl methyl sites for hydroxylation is 1. The van der Waals surface area contributed by atoms with Gasteiger partial charge in [0.15, 0.2) is 18.3 Å². The van der Waals surface area contributed by atoms with E-state index in [1.807, 2.05) is 18.2 Å². The number of hydrogen-bond donors (Lipinski definition) is 3. The molecule has 0 saturated heterocycles. The van der Waals surface area contributed by atoms with E-state index in [-0.39, 0.29) is 18.3 Å². The number of hydrazine groups is 1. The van der Waals surface area contributed by atoms with Gasteiger partial charge in [-0.1, -0.05) is 37.3 Å². The zero-order valence-electron chi connectivity index (χ0n) is 14.9. The van der Waals surface area contributed by atoms with Gasteiger partial charge in [0.25, 0.3) is 11.8 Å². The Bertz CT molecular complexity index is 766. The summed E-state index contributed by atoms with van der Waals surface area (Å²) < 4.78 is 10.7. The van der Waals surface area contributed by atoms with E-state index < -0.39 is 11.8 Å². The number of carbonyl (C=O) groups is 2. The number of nitrogens with one attached hydrogen (secondary N) is 3. The van der Waals surface area contributed by atoms with Gasteiger partial charge in [-0.2, -0.15) is 0 Å². The first-order valence-electron chi connectivity index (χ1n) is 8.35. The molecule has 0 aliphatic heterocycles. The second-order valence-electron chi connectivity index (χ2n) is 5.44. The number of para-hydroxylation sites is 1. The quantitative estimate of drug-likeness (QED) is 0.495. The van der Waals surface area contributed by atoms with Crippen molar-refractivity contribution < 1.29 is 19.1 Å². The van der Waals surface area contributed by atoms with Gasteiger partial charge in [0.05, 0.1) is 0 Å². The van der Waals surface area contributed by atoms with E-state index in [4.69, 9.17) is 21.7 Å². The summed E-state index contributed by atoms with van der Waals surface area (Å²) in [5, 5.41) is 2.36. The van der Waals surface area contributed by atoms with Crippen LogP contribution in [0.25, 0.3) is 0 Å². The Labute approximate surface area is 163 Å². The van der Waals surface area contributed by atoms with Crippen LogP contribution in [-0.4, -0.2) is 30.1 Å². The zero-order valence-corrected chi connectivity index (χ0v) is 15.7. The fourth-order valence-electron chi connectivity index (χ4n) is 1.99. The van der Waals surface area contributed by atoms with Gasteiger partial charge in [-0.25, -0.2) is 0 Å². The number of ether oxygens (including phenoxy) is 2. The maximum atomic E-state index is 11.8. The average Bonchev–Trinajstić information content (AvgIpc) is 2.70. The Morgan fingerprint density at radius 1 is 0.852 bits per heavy atom. The van der Waals surface area contributed by atoms with E-state index in [1.165, 1.54) is 5.56 Å². The van der Waals surface area contributed by atoms with Crippen LogP contribution in [0.2, 0.25) is 0 Å². The third kappa shape index (κ3) is 7.74. The lowest BCUT2D eigenvalue weighted by atomic mass is 10.2.